The van der Waals surface area contributed by atoms with E-state index in [4.69, 9.17) is 4.74 Å². The monoisotopic (exact) mass is 497 g/mol. The summed E-state index contributed by atoms with van der Waals surface area (Å²) in [5, 5.41) is 2.27. The Labute approximate surface area is 211 Å². The third-order valence-corrected chi connectivity index (χ3v) is 8.34. The molecular formula is C30H27NO4S. The number of rotatable bonds is 6. The van der Waals surface area contributed by atoms with E-state index in [2.05, 4.69) is 30.3 Å². The fraction of sp³-hybridized carbons (Fsp3) is 0.167. The first-order valence-corrected chi connectivity index (χ1v) is 13.4. The lowest BCUT2D eigenvalue weighted by Crippen LogP contribution is -2.33. The highest BCUT2D eigenvalue weighted by atomic mass is 32.2. The van der Waals surface area contributed by atoms with E-state index in [1.807, 2.05) is 43.3 Å². The van der Waals surface area contributed by atoms with Gasteiger partial charge in [-0.3, -0.25) is 0 Å². The largest absolute Gasteiger partial charge is 0.463 e. The molecule has 1 aliphatic rings. The number of benzene rings is 4. The molecule has 5 rings (SSSR count). The van der Waals surface area contributed by atoms with Gasteiger partial charge in [-0.15, -0.1) is 0 Å². The number of sulfonamides is 1. The molecule has 0 saturated carbocycles. The molecule has 0 N–H and O–H groups in total. The maximum Gasteiger partial charge on any atom is 0.335 e. The zero-order valence-electron chi connectivity index (χ0n) is 20.2. The Morgan fingerprint density at radius 1 is 0.889 bits per heavy atom. The quantitative estimate of drug-likeness (QED) is 0.304. The summed E-state index contributed by atoms with van der Waals surface area (Å²) in [6.07, 6.45) is 1.66. The first kappa shape index (κ1) is 24.0. The molecule has 4 aromatic rings. The Hall–Kier alpha value is -3.74. The normalized spacial score (nSPS) is 16.2. The third kappa shape index (κ3) is 4.45. The van der Waals surface area contributed by atoms with Crippen LogP contribution < -0.4 is 0 Å². The van der Waals surface area contributed by atoms with Gasteiger partial charge >= 0.3 is 5.97 Å². The molecule has 0 aromatic heterocycles. The number of fused-ring (bicyclic) bond motifs is 1. The standard InChI is InChI=1S/C30H27NO4S/c1-3-35-30(32)28-17-18-31(36(33,34)27-15-11-21(2)12-16-27)29(28)26-10-6-9-24(20-26)25-14-13-22-7-4-5-8-23(22)19-25/h4-17,19-20,29H,3,18H2,1-2H3/t29-/m1/s1. The summed E-state index contributed by atoms with van der Waals surface area (Å²) in [6, 6.07) is 28.1. The van der Waals surface area contributed by atoms with Crippen molar-refractivity contribution < 1.29 is 17.9 Å². The molecule has 0 bridgehead atoms. The van der Waals surface area contributed by atoms with Crippen molar-refractivity contribution in [1.29, 1.82) is 0 Å². The van der Waals surface area contributed by atoms with Crippen LogP contribution in [0.2, 0.25) is 0 Å². The minimum Gasteiger partial charge on any atom is -0.463 e. The van der Waals surface area contributed by atoms with E-state index in [0.717, 1.165) is 27.5 Å². The van der Waals surface area contributed by atoms with E-state index in [1.165, 1.54) is 4.31 Å². The Bertz CT molecular complexity index is 1570. The molecule has 1 heterocycles. The number of esters is 1. The molecule has 1 aliphatic heterocycles. The molecule has 0 amide bonds. The first-order valence-electron chi connectivity index (χ1n) is 11.9. The van der Waals surface area contributed by atoms with Gasteiger partial charge in [0.05, 0.1) is 23.1 Å². The van der Waals surface area contributed by atoms with E-state index in [1.54, 1.807) is 37.3 Å². The van der Waals surface area contributed by atoms with Crippen molar-refractivity contribution >= 4 is 26.8 Å². The molecule has 4 aromatic carbocycles. The van der Waals surface area contributed by atoms with Crippen LogP contribution in [0.5, 0.6) is 0 Å². The molecule has 1 atom stereocenters. The van der Waals surface area contributed by atoms with Crippen molar-refractivity contribution in [3.63, 3.8) is 0 Å². The molecule has 36 heavy (non-hydrogen) atoms. The fourth-order valence-corrected chi connectivity index (χ4v) is 6.19. The lowest BCUT2D eigenvalue weighted by atomic mass is 9.95. The smallest absolute Gasteiger partial charge is 0.335 e. The summed E-state index contributed by atoms with van der Waals surface area (Å²) in [4.78, 5) is 13.1. The summed E-state index contributed by atoms with van der Waals surface area (Å²) in [5.74, 6) is -0.500. The van der Waals surface area contributed by atoms with E-state index in [9.17, 15) is 13.2 Å². The van der Waals surface area contributed by atoms with Crippen LogP contribution in [-0.2, 0) is 19.6 Å². The number of carbonyl (C=O) groups excluding carboxylic acids is 1. The number of hydrogen-bond acceptors (Lipinski definition) is 4. The molecule has 0 spiro atoms. The highest BCUT2D eigenvalue weighted by Crippen LogP contribution is 2.39. The summed E-state index contributed by atoms with van der Waals surface area (Å²) < 4.78 is 34.1. The van der Waals surface area contributed by atoms with Crippen LogP contribution in [0.15, 0.2) is 108 Å². The van der Waals surface area contributed by atoms with Gasteiger partial charge in [-0.1, -0.05) is 78.4 Å². The topological polar surface area (TPSA) is 63.7 Å². The molecule has 5 nitrogen and oxygen atoms in total. The van der Waals surface area contributed by atoms with Crippen molar-refractivity contribution in [1.82, 2.24) is 4.31 Å². The average Bonchev–Trinajstić information content (AvgIpc) is 3.35. The molecule has 0 aliphatic carbocycles. The number of nitrogens with zero attached hydrogens (tertiary/aromatic N) is 1. The zero-order chi connectivity index (χ0) is 25.3. The van der Waals surface area contributed by atoms with E-state index >= 15 is 0 Å². The van der Waals surface area contributed by atoms with E-state index in [0.29, 0.717) is 11.1 Å². The van der Waals surface area contributed by atoms with Gasteiger partial charge in [-0.05, 0) is 65.6 Å². The molecule has 0 unspecified atom stereocenters. The molecule has 0 radical (unpaired) electrons. The van der Waals surface area contributed by atoms with Gasteiger partial charge in [0.1, 0.15) is 0 Å². The van der Waals surface area contributed by atoms with Crippen molar-refractivity contribution in [3.8, 4) is 11.1 Å². The maximum absolute atomic E-state index is 13.7. The van der Waals surface area contributed by atoms with Gasteiger partial charge in [-0.25, -0.2) is 13.2 Å². The number of carbonyl (C=O) groups is 1. The van der Waals surface area contributed by atoms with E-state index in [-0.39, 0.29) is 18.0 Å². The van der Waals surface area contributed by atoms with Gasteiger partial charge in [0.25, 0.3) is 0 Å². The molecular weight excluding hydrogens is 470 g/mol. The fourth-order valence-electron chi connectivity index (χ4n) is 4.66. The van der Waals surface area contributed by atoms with E-state index < -0.39 is 22.0 Å². The predicted octanol–water partition coefficient (Wildman–Crippen LogP) is 6.05. The van der Waals surface area contributed by atoms with Crippen molar-refractivity contribution in [3.05, 3.63) is 114 Å². The predicted molar refractivity (Wildman–Crippen MR) is 142 cm³/mol. The lowest BCUT2D eigenvalue weighted by Gasteiger charge is -2.27. The minimum atomic E-state index is -3.87. The van der Waals surface area contributed by atoms with Crippen LogP contribution >= 0.6 is 0 Å². The summed E-state index contributed by atoms with van der Waals surface area (Å²) in [5.41, 5.74) is 3.99. The minimum absolute atomic E-state index is 0.0925. The van der Waals surface area contributed by atoms with Crippen LogP contribution in [0.3, 0.4) is 0 Å². The molecule has 0 saturated heterocycles. The van der Waals surface area contributed by atoms with Gasteiger partial charge in [0.2, 0.25) is 10.0 Å². The number of aryl methyl sites for hydroxylation is 1. The van der Waals surface area contributed by atoms with Crippen LogP contribution in [0, 0.1) is 6.92 Å². The Kier molecular flexibility index (Phi) is 6.48. The van der Waals surface area contributed by atoms with Crippen molar-refractivity contribution in [2.75, 3.05) is 13.2 Å². The summed E-state index contributed by atoms with van der Waals surface area (Å²) in [7, 11) is -3.87. The van der Waals surface area contributed by atoms with Crippen LogP contribution in [0.4, 0.5) is 0 Å². The Balaban J connectivity index is 1.59. The third-order valence-electron chi connectivity index (χ3n) is 6.50. The second-order valence-corrected chi connectivity index (χ2v) is 10.7. The Morgan fingerprint density at radius 3 is 2.36 bits per heavy atom. The number of hydrogen-bond donors (Lipinski definition) is 0. The first-order chi connectivity index (χ1) is 17.4. The molecule has 6 heteroatoms. The highest BCUT2D eigenvalue weighted by Gasteiger charge is 2.41. The van der Waals surface area contributed by atoms with Gasteiger partial charge < -0.3 is 4.74 Å². The number of ether oxygens (including phenoxy) is 1. The lowest BCUT2D eigenvalue weighted by molar-refractivity contribution is -0.138. The van der Waals surface area contributed by atoms with Crippen LogP contribution in [0.1, 0.15) is 24.1 Å². The molecule has 182 valence electrons. The summed E-state index contributed by atoms with van der Waals surface area (Å²) in [6.45, 7) is 3.96. The SMILES string of the molecule is CCOC(=O)C1=CCN(S(=O)(=O)c2ccc(C)cc2)[C@@H]1c1cccc(-c2ccc3ccccc3c2)c1. The van der Waals surface area contributed by atoms with Crippen molar-refractivity contribution in [2.45, 2.75) is 24.8 Å². The molecule has 0 fully saturated rings. The van der Waals surface area contributed by atoms with Gasteiger partial charge in [0, 0.05) is 6.54 Å². The highest BCUT2D eigenvalue weighted by molar-refractivity contribution is 7.89. The van der Waals surface area contributed by atoms with Crippen LogP contribution in [0.25, 0.3) is 21.9 Å². The zero-order valence-corrected chi connectivity index (χ0v) is 21.0. The van der Waals surface area contributed by atoms with Crippen LogP contribution in [-0.4, -0.2) is 31.8 Å². The second-order valence-electron chi connectivity index (χ2n) is 8.86. The van der Waals surface area contributed by atoms with Crippen molar-refractivity contribution in [2.24, 2.45) is 0 Å². The second kappa shape index (κ2) is 9.72. The van der Waals surface area contributed by atoms with Gasteiger partial charge in [0.15, 0.2) is 0 Å². The maximum atomic E-state index is 13.7. The Morgan fingerprint density at radius 2 is 1.61 bits per heavy atom. The summed E-state index contributed by atoms with van der Waals surface area (Å²) >= 11 is 0. The average molecular weight is 498 g/mol. The van der Waals surface area contributed by atoms with Gasteiger partial charge in [-0.2, -0.15) is 4.31 Å².